The van der Waals surface area contributed by atoms with E-state index in [4.69, 9.17) is 15.2 Å². The third-order valence-corrected chi connectivity index (χ3v) is 3.14. The maximum atomic E-state index is 11.6. The highest BCUT2D eigenvalue weighted by Crippen LogP contribution is 2.43. The third kappa shape index (κ3) is 2.74. The van der Waals surface area contributed by atoms with Crippen LogP contribution < -0.4 is 5.73 Å². The first-order valence-corrected chi connectivity index (χ1v) is 5.82. The summed E-state index contributed by atoms with van der Waals surface area (Å²) in [6.45, 7) is 10.1. The Morgan fingerprint density at radius 2 is 2.06 bits per heavy atom. The van der Waals surface area contributed by atoms with Crippen LogP contribution >= 0.6 is 0 Å². The summed E-state index contributed by atoms with van der Waals surface area (Å²) in [6.07, 6.45) is 0.778. The number of hydrogen-bond acceptors (Lipinski definition) is 4. The Morgan fingerprint density at radius 3 is 2.44 bits per heavy atom. The van der Waals surface area contributed by atoms with Crippen LogP contribution in [0.3, 0.4) is 0 Å². The van der Waals surface area contributed by atoms with Crippen LogP contribution in [0.1, 0.15) is 41.0 Å². The van der Waals surface area contributed by atoms with E-state index in [1.54, 1.807) is 6.92 Å². The number of ether oxygens (including phenoxy) is 2. The first-order valence-electron chi connectivity index (χ1n) is 5.82. The third-order valence-electron chi connectivity index (χ3n) is 3.14. The van der Waals surface area contributed by atoms with Crippen LogP contribution in [-0.2, 0) is 14.3 Å². The van der Waals surface area contributed by atoms with E-state index in [2.05, 4.69) is 0 Å². The zero-order valence-electron chi connectivity index (χ0n) is 10.9. The molecule has 0 amide bonds. The van der Waals surface area contributed by atoms with Gasteiger partial charge in [-0.25, -0.2) is 0 Å². The first-order chi connectivity index (χ1) is 7.19. The molecule has 0 aromatic carbocycles. The van der Waals surface area contributed by atoms with Crippen LogP contribution in [0.4, 0.5) is 0 Å². The Kier molecular flexibility index (Phi) is 3.65. The van der Waals surface area contributed by atoms with Gasteiger partial charge in [-0.1, -0.05) is 0 Å². The number of carbonyl (C=O) groups excluding carboxylic acids is 1. The molecule has 1 aliphatic rings. The molecule has 4 heteroatoms. The second-order valence-electron chi connectivity index (χ2n) is 5.55. The minimum atomic E-state index is -0.600. The van der Waals surface area contributed by atoms with Crippen LogP contribution in [0.2, 0.25) is 0 Å². The van der Waals surface area contributed by atoms with E-state index in [1.165, 1.54) is 0 Å². The van der Waals surface area contributed by atoms with Gasteiger partial charge in [-0.05, 0) is 41.0 Å². The summed E-state index contributed by atoms with van der Waals surface area (Å²) in [5.41, 5.74) is 5.35. The SMILES string of the molecule is CCOC(=O)C(N)C1CC(C)(C)OC1(C)C. The zero-order valence-corrected chi connectivity index (χ0v) is 10.9. The molecule has 1 fully saturated rings. The molecule has 1 heterocycles. The van der Waals surface area contributed by atoms with Crippen molar-refractivity contribution in [3.8, 4) is 0 Å². The molecule has 0 radical (unpaired) electrons. The summed E-state index contributed by atoms with van der Waals surface area (Å²) in [7, 11) is 0. The van der Waals surface area contributed by atoms with E-state index in [-0.39, 0.29) is 23.1 Å². The number of hydrogen-bond donors (Lipinski definition) is 1. The van der Waals surface area contributed by atoms with Crippen molar-refractivity contribution in [3.05, 3.63) is 0 Å². The van der Waals surface area contributed by atoms with Crippen LogP contribution in [0, 0.1) is 5.92 Å². The molecular weight excluding hydrogens is 206 g/mol. The predicted molar refractivity (Wildman–Crippen MR) is 62.0 cm³/mol. The largest absolute Gasteiger partial charge is 0.465 e. The standard InChI is InChI=1S/C12H23NO3/c1-6-15-10(14)9(13)8-7-11(2,3)16-12(8,4)5/h8-9H,6-7,13H2,1-5H3. The molecule has 0 aromatic rings. The van der Waals surface area contributed by atoms with E-state index in [9.17, 15) is 4.79 Å². The van der Waals surface area contributed by atoms with Gasteiger partial charge in [0.05, 0.1) is 17.8 Å². The fraction of sp³-hybridized carbons (Fsp3) is 0.917. The molecule has 94 valence electrons. The van der Waals surface area contributed by atoms with Crippen LogP contribution in [0.5, 0.6) is 0 Å². The zero-order chi connectivity index (χ0) is 12.6. The number of rotatable bonds is 3. The summed E-state index contributed by atoms with van der Waals surface area (Å²) < 4.78 is 10.9. The molecule has 1 rings (SSSR count). The molecule has 2 N–H and O–H groups in total. The lowest BCUT2D eigenvalue weighted by atomic mass is 9.82. The van der Waals surface area contributed by atoms with Gasteiger partial charge in [0, 0.05) is 5.92 Å². The second-order valence-corrected chi connectivity index (χ2v) is 5.55. The Labute approximate surface area is 97.5 Å². The molecule has 1 aliphatic heterocycles. The molecule has 0 saturated carbocycles. The summed E-state index contributed by atoms with van der Waals surface area (Å²) in [6, 6.07) is -0.600. The Bertz CT molecular complexity index is 273. The van der Waals surface area contributed by atoms with Crippen molar-refractivity contribution < 1.29 is 14.3 Å². The van der Waals surface area contributed by atoms with Gasteiger partial charge in [-0.15, -0.1) is 0 Å². The highest BCUT2D eigenvalue weighted by Gasteiger charge is 2.50. The molecule has 1 saturated heterocycles. The Hall–Kier alpha value is -0.610. The van der Waals surface area contributed by atoms with Crippen molar-refractivity contribution in [3.63, 3.8) is 0 Å². The van der Waals surface area contributed by atoms with E-state index in [1.807, 2.05) is 27.7 Å². The summed E-state index contributed by atoms with van der Waals surface area (Å²) >= 11 is 0. The first kappa shape index (κ1) is 13.5. The highest BCUT2D eigenvalue weighted by molar-refractivity contribution is 5.76. The molecule has 4 nitrogen and oxygen atoms in total. The quantitative estimate of drug-likeness (QED) is 0.744. The van der Waals surface area contributed by atoms with Gasteiger partial charge in [0.2, 0.25) is 0 Å². The number of esters is 1. The minimum Gasteiger partial charge on any atom is -0.465 e. The van der Waals surface area contributed by atoms with Gasteiger partial charge >= 0.3 is 5.97 Å². The monoisotopic (exact) mass is 229 g/mol. The Morgan fingerprint density at radius 1 is 1.50 bits per heavy atom. The fourth-order valence-corrected chi connectivity index (χ4v) is 2.57. The van der Waals surface area contributed by atoms with Crippen LogP contribution in [0.25, 0.3) is 0 Å². The predicted octanol–water partition coefficient (Wildman–Crippen LogP) is 1.47. The molecule has 0 aromatic heterocycles. The topological polar surface area (TPSA) is 61.5 Å². The van der Waals surface area contributed by atoms with Crippen molar-refractivity contribution in [2.45, 2.75) is 58.3 Å². The molecule has 0 spiro atoms. The average Bonchev–Trinajstić information content (AvgIpc) is 2.33. The van der Waals surface area contributed by atoms with Crippen molar-refractivity contribution in [1.82, 2.24) is 0 Å². The highest BCUT2D eigenvalue weighted by atomic mass is 16.5. The van der Waals surface area contributed by atoms with Crippen molar-refractivity contribution in [1.29, 1.82) is 0 Å². The van der Waals surface area contributed by atoms with Crippen molar-refractivity contribution >= 4 is 5.97 Å². The molecule has 2 unspecified atom stereocenters. The van der Waals surface area contributed by atoms with Crippen molar-refractivity contribution in [2.75, 3.05) is 6.61 Å². The normalized spacial score (nSPS) is 28.8. The van der Waals surface area contributed by atoms with E-state index in [0.717, 1.165) is 6.42 Å². The average molecular weight is 229 g/mol. The van der Waals surface area contributed by atoms with E-state index >= 15 is 0 Å². The smallest absolute Gasteiger partial charge is 0.323 e. The minimum absolute atomic E-state index is 0.00144. The van der Waals surface area contributed by atoms with Gasteiger partial charge in [0.1, 0.15) is 6.04 Å². The molecular formula is C12H23NO3. The lowest BCUT2D eigenvalue weighted by molar-refractivity contribution is -0.148. The summed E-state index contributed by atoms with van der Waals surface area (Å²) in [4.78, 5) is 11.6. The van der Waals surface area contributed by atoms with E-state index in [0.29, 0.717) is 6.61 Å². The van der Waals surface area contributed by atoms with Gasteiger partial charge in [0.15, 0.2) is 0 Å². The molecule has 0 aliphatic carbocycles. The summed E-state index contributed by atoms with van der Waals surface area (Å²) in [5.74, 6) is -0.330. The molecule has 0 bridgehead atoms. The fourth-order valence-electron chi connectivity index (χ4n) is 2.57. The molecule has 16 heavy (non-hydrogen) atoms. The van der Waals surface area contributed by atoms with Crippen LogP contribution in [0.15, 0.2) is 0 Å². The molecule has 2 atom stereocenters. The number of nitrogens with two attached hydrogens (primary N) is 1. The van der Waals surface area contributed by atoms with Gasteiger partial charge in [-0.2, -0.15) is 0 Å². The number of carbonyl (C=O) groups is 1. The van der Waals surface area contributed by atoms with Crippen LogP contribution in [-0.4, -0.2) is 29.8 Å². The summed E-state index contributed by atoms with van der Waals surface area (Å²) in [5, 5.41) is 0. The van der Waals surface area contributed by atoms with Gasteiger partial charge in [-0.3, -0.25) is 4.79 Å². The second kappa shape index (κ2) is 4.34. The van der Waals surface area contributed by atoms with Crippen molar-refractivity contribution in [2.24, 2.45) is 11.7 Å². The maximum absolute atomic E-state index is 11.6. The van der Waals surface area contributed by atoms with Gasteiger partial charge < -0.3 is 15.2 Å². The lowest BCUT2D eigenvalue weighted by Crippen LogP contribution is -2.46. The maximum Gasteiger partial charge on any atom is 0.323 e. The van der Waals surface area contributed by atoms with E-state index < -0.39 is 6.04 Å². The Balaban J connectivity index is 2.76. The van der Waals surface area contributed by atoms with Gasteiger partial charge in [0.25, 0.3) is 0 Å². The lowest BCUT2D eigenvalue weighted by Gasteiger charge is -2.29.